The van der Waals surface area contributed by atoms with Crippen LogP contribution in [0.1, 0.15) is 38.2 Å². The van der Waals surface area contributed by atoms with Crippen LogP contribution in [0.2, 0.25) is 0 Å². The van der Waals surface area contributed by atoms with E-state index in [4.69, 9.17) is 4.74 Å². The molecule has 35 heavy (non-hydrogen) atoms. The molecule has 2 amide bonds. The second-order valence-corrected chi connectivity index (χ2v) is 9.10. The van der Waals surface area contributed by atoms with Gasteiger partial charge in [-0.2, -0.15) is 4.98 Å². The van der Waals surface area contributed by atoms with Gasteiger partial charge >= 0.3 is 6.09 Å². The van der Waals surface area contributed by atoms with Crippen LogP contribution in [0.25, 0.3) is 0 Å². The van der Waals surface area contributed by atoms with Gasteiger partial charge in [0.15, 0.2) is 0 Å². The van der Waals surface area contributed by atoms with E-state index in [0.29, 0.717) is 38.0 Å². The van der Waals surface area contributed by atoms with Crippen molar-refractivity contribution in [2.45, 2.75) is 39.4 Å². The number of piperazine rings is 1. The molecular weight excluding hydrogens is 448 g/mol. The molecule has 4 heterocycles. The summed E-state index contributed by atoms with van der Waals surface area (Å²) in [6.45, 7) is 13.5. The minimum atomic E-state index is -0.390. The van der Waals surface area contributed by atoms with Crippen molar-refractivity contribution in [1.82, 2.24) is 29.7 Å². The largest absolute Gasteiger partial charge is 0.447 e. The quantitative estimate of drug-likeness (QED) is 0.568. The number of rotatable bonds is 8. The molecule has 0 aromatic carbocycles. The fourth-order valence-corrected chi connectivity index (χ4v) is 4.15. The summed E-state index contributed by atoms with van der Waals surface area (Å²) in [6, 6.07) is 1.51. The highest BCUT2D eigenvalue weighted by Crippen LogP contribution is 2.26. The molecular formula is C24H32N8O3. The van der Waals surface area contributed by atoms with Crippen LogP contribution in [0.15, 0.2) is 37.3 Å². The number of carbonyl (C=O) groups excluding carboxylic acids is 2. The lowest BCUT2D eigenvalue weighted by atomic mass is 10.0. The van der Waals surface area contributed by atoms with E-state index in [1.165, 1.54) is 6.08 Å². The molecule has 0 aliphatic carbocycles. The number of cyclic esters (lactones) is 1. The number of hydrogen-bond acceptors (Lipinski definition) is 9. The van der Waals surface area contributed by atoms with Crippen molar-refractivity contribution in [2.24, 2.45) is 5.92 Å². The van der Waals surface area contributed by atoms with Crippen molar-refractivity contribution in [3.63, 3.8) is 0 Å². The summed E-state index contributed by atoms with van der Waals surface area (Å²) in [5.41, 5.74) is 0.893. The highest BCUT2D eigenvalue weighted by Gasteiger charge is 2.37. The number of nitrogens with one attached hydrogen (secondary N) is 1. The second-order valence-electron chi connectivity index (χ2n) is 9.10. The van der Waals surface area contributed by atoms with E-state index >= 15 is 0 Å². The van der Waals surface area contributed by atoms with Gasteiger partial charge in [0.1, 0.15) is 18.2 Å². The molecule has 2 saturated heterocycles. The van der Waals surface area contributed by atoms with E-state index in [1.54, 1.807) is 34.5 Å². The number of nitrogens with zero attached hydrogens (tertiary/aromatic N) is 7. The first kappa shape index (κ1) is 24.5. The number of carbonyl (C=O) groups is 2. The van der Waals surface area contributed by atoms with Crippen molar-refractivity contribution >= 4 is 23.8 Å². The van der Waals surface area contributed by atoms with Crippen LogP contribution in [0.4, 0.5) is 16.6 Å². The smallest absolute Gasteiger partial charge is 0.415 e. The van der Waals surface area contributed by atoms with Gasteiger partial charge in [-0.15, -0.1) is 0 Å². The molecule has 2 fully saturated rings. The number of hydrogen-bond donors (Lipinski definition) is 1. The van der Waals surface area contributed by atoms with Crippen LogP contribution in [0, 0.1) is 5.92 Å². The van der Waals surface area contributed by atoms with Gasteiger partial charge in [0, 0.05) is 50.3 Å². The summed E-state index contributed by atoms with van der Waals surface area (Å²) < 4.78 is 5.24. The molecule has 11 nitrogen and oxygen atoms in total. The maximum Gasteiger partial charge on any atom is 0.415 e. The van der Waals surface area contributed by atoms with Crippen molar-refractivity contribution in [3.8, 4) is 0 Å². The SMILES string of the molecule is C=CC(=O)N1CCN(Cc2ncc([C@H](C)Nc3nccc(N4C(=O)OCC4C(C)C)n3)cn2)CC1. The molecule has 186 valence electrons. The van der Waals surface area contributed by atoms with Gasteiger partial charge in [-0.1, -0.05) is 20.4 Å². The fraction of sp³-hybridized carbons (Fsp3) is 0.500. The Morgan fingerprint density at radius 2 is 1.91 bits per heavy atom. The molecule has 2 aromatic rings. The van der Waals surface area contributed by atoms with Gasteiger partial charge in [0.2, 0.25) is 11.9 Å². The van der Waals surface area contributed by atoms with Crippen LogP contribution >= 0.6 is 0 Å². The first-order chi connectivity index (χ1) is 16.9. The maximum absolute atomic E-state index is 12.3. The number of amides is 2. The molecule has 2 atom stereocenters. The van der Waals surface area contributed by atoms with E-state index in [2.05, 4.69) is 50.6 Å². The molecule has 0 radical (unpaired) electrons. The Bertz CT molecular complexity index is 1050. The molecule has 11 heteroatoms. The molecule has 4 rings (SSSR count). The van der Waals surface area contributed by atoms with Crippen molar-refractivity contribution in [3.05, 3.63) is 48.7 Å². The van der Waals surface area contributed by atoms with Crippen LogP contribution in [0.3, 0.4) is 0 Å². The Morgan fingerprint density at radius 3 is 2.57 bits per heavy atom. The number of ether oxygens (including phenoxy) is 1. The molecule has 0 spiro atoms. The summed E-state index contributed by atoms with van der Waals surface area (Å²) in [5, 5.41) is 3.27. The first-order valence-electron chi connectivity index (χ1n) is 11.9. The normalized spacial score (nSPS) is 19.5. The fourth-order valence-electron chi connectivity index (χ4n) is 4.15. The van der Waals surface area contributed by atoms with Crippen molar-refractivity contribution in [2.75, 3.05) is 43.0 Å². The number of aromatic nitrogens is 4. The second kappa shape index (κ2) is 10.8. The highest BCUT2D eigenvalue weighted by molar-refractivity contribution is 5.89. The molecule has 0 saturated carbocycles. The Balaban J connectivity index is 1.35. The minimum Gasteiger partial charge on any atom is -0.447 e. The summed E-state index contributed by atoms with van der Waals surface area (Å²) in [6.07, 6.45) is 6.19. The van der Waals surface area contributed by atoms with Crippen LogP contribution in [-0.4, -0.2) is 80.6 Å². The molecule has 2 aliphatic rings. The first-order valence-corrected chi connectivity index (χ1v) is 11.9. The Labute approximate surface area is 205 Å². The summed E-state index contributed by atoms with van der Waals surface area (Å²) in [5.74, 6) is 1.86. The lowest BCUT2D eigenvalue weighted by molar-refractivity contribution is -0.127. The minimum absolute atomic E-state index is 0.0265. The lowest BCUT2D eigenvalue weighted by Gasteiger charge is -2.33. The summed E-state index contributed by atoms with van der Waals surface area (Å²) in [4.78, 5) is 47.5. The average Bonchev–Trinajstić information content (AvgIpc) is 3.26. The Morgan fingerprint density at radius 1 is 1.20 bits per heavy atom. The summed E-state index contributed by atoms with van der Waals surface area (Å²) in [7, 11) is 0. The third-order valence-corrected chi connectivity index (χ3v) is 6.36. The van der Waals surface area contributed by atoms with E-state index < -0.39 is 0 Å². The lowest BCUT2D eigenvalue weighted by Crippen LogP contribution is -2.47. The van der Waals surface area contributed by atoms with E-state index in [1.807, 2.05) is 6.92 Å². The van der Waals surface area contributed by atoms with Gasteiger partial charge < -0.3 is 15.0 Å². The van der Waals surface area contributed by atoms with Crippen molar-refractivity contribution in [1.29, 1.82) is 0 Å². The molecule has 1 unspecified atom stereocenters. The zero-order valence-electron chi connectivity index (χ0n) is 20.4. The van der Waals surface area contributed by atoms with Crippen molar-refractivity contribution < 1.29 is 14.3 Å². The third-order valence-electron chi connectivity index (χ3n) is 6.36. The summed E-state index contributed by atoms with van der Waals surface area (Å²) >= 11 is 0. The molecule has 2 aliphatic heterocycles. The van der Waals surface area contributed by atoms with E-state index in [0.717, 1.165) is 24.5 Å². The topological polar surface area (TPSA) is 117 Å². The van der Waals surface area contributed by atoms with Gasteiger partial charge in [-0.05, 0) is 25.0 Å². The Hall–Kier alpha value is -3.60. The van der Waals surface area contributed by atoms with Gasteiger partial charge in [-0.25, -0.2) is 19.7 Å². The van der Waals surface area contributed by atoms with Gasteiger partial charge in [0.05, 0.1) is 18.6 Å². The van der Waals surface area contributed by atoms with E-state index in [-0.39, 0.29) is 30.0 Å². The predicted molar refractivity (Wildman–Crippen MR) is 131 cm³/mol. The molecule has 1 N–H and O–H groups in total. The zero-order chi connectivity index (χ0) is 24.9. The standard InChI is InChI=1S/C24H32N8O3/c1-5-22(33)31-10-8-30(9-11-31)14-20-26-12-18(13-27-20)17(4)28-23-25-7-6-21(29-23)32-19(16(2)3)15-35-24(32)34/h5-7,12-13,16-17,19H,1,8-11,14-15H2,2-4H3,(H,25,28,29)/t17-,19?/m0/s1. The maximum atomic E-state index is 12.3. The molecule has 0 bridgehead atoms. The third kappa shape index (κ3) is 5.73. The monoisotopic (exact) mass is 480 g/mol. The zero-order valence-corrected chi connectivity index (χ0v) is 20.4. The molecule has 2 aromatic heterocycles. The predicted octanol–water partition coefficient (Wildman–Crippen LogP) is 2.25. The van der Waals surface area contributed by atoms with Crippen LogP contribution in [-0.2, 0) is 16.1 Å². The van der Waals surface area contributed by atoms with Gasteiger partial charge in [0.25, 0.3) is 0 Å². The van der Waals surface area contributed by atoms with E-state index in [9.17, 15) is 9.59 Å². The highest BCUT2D eigenvalue weighted by atomic mass is 16.6. The number of anilines is 2. The van der Waals surface area contributed by atoms with Crippen LogP contribution < -0.4 is 10.2 Å². The van der Waals surface area contributed by atoms with Crippen LogP contribution in [0.5, 0.6) is 0 Å². The average molecular weight is 481 g/mol. The Kier molecular flexibility index (Phi) is 7.54. The van der Waals surface area contributed by atoms with Gasteiger partial charge in [-0.3, -0.25) is 14.6 Å².